The Morgan fingerprint density at radius 2 is 1.02 bits per heavy atom. The minimum absolute atomic E-state index is 0.0260. The van der Waals surface area contributed by atoms with Gasteiger partial charge in [-0.2, -0.15) is 0 Å². The number of esters is 6. The highest BCUT2D eigenvalue weighted by Crippen LogP contribution is 2.37. The zero-order chi connectivity index (χ0) is 36.0. The van der Waals surface area contributed by atoms with Gasteiger partial charge in [0, 0.05) is 53.2 Å². The molecule has 2 rings (SSSR count). The number of unbranched alkanes of at least 4 members (excludes halogenated alkanes) is 1. The molecule has 0 spiro atoms. The fourth-order valence-electron chi connectivity index (χ4n) is 5.11. The topological polar surface area (TPSA) is 214 Å². The molecule has 9 atom stereocenters. The Bertz CT molecular complexity index is 1150. The molecule has 2 heterocycles. The van der Waals surface area contributed by atoms with Crippen LogP contribution in [-0.4, -0.2) is 119 Å². The van der Waals surface area contributed by atoms with E-state index in [4.69, 9.17) is 43.0 Å². The third-order valence-corrected chi connectivity index (χ3v) is 9.56. The first kappa shape index (κ1) is 41.1. The molecule has 48 heavy (non-hydrogen) atoms. The van der Waals surface area contributed by atoms with Crippen molar-refractivity contribution in [3.05, 3.63) is 0 Å². The Hall–Kier alpha value is -3.09. The van der Waals surface area contributed by atoms with E-state index < -0.39 is 89.3 Å². The molecule has 272 valence electrons. The minimum Gasteiger partial charge on any atom is -0.481 e. The summed E-state index contributed by atoms with van der Waals surface area (Å²) in [4.78, 5) is 82.5. The Labute approximate surface area is 286 Å². The van der Waals surface area contributed by atoms with Crippen molar-refractivity contribution in [1.82, 2.24) is 0 Å². The first-order valence-corrected chi connectivity index (χ1v) is 17.3. The van der Waals surface area contributed by atoms with E-state index in [1.165, 1.54) is 65.1 Å². The van der Waals surface area contributed by atoms with E-state index in [0.29, 0.717) is 31.4 Å². The van der Waals surface area contributed by atoms with E-state index >= 15 is 0 Å². The van der Waals surface area contributed by atoms with E-state index in [-0.39, 0.29) is 24.9 Å². The second-order valence-corrected chi connectivity index (χ2v) is 13.7. The maximum atomic E-state index is 12.1. The summed E-state index contributed by atoms with van der Waals surface area (Å²) in [5.41, 5.74) is -1.66. The van der Waals surface area contributed by atoms with Gasteiger partial charge in [0.05, 0.1) is 13.2 Å². The Kier molecular flexibility index (Phi) is 17.5. The largest absolute Gasteiger partial charge is 0.481 e. The maximum absolute atomic E-state index is 12.1. The van der Waals surface area contributed by atoms with Crippen LogP contribution in [0.2, 0.25) is 0 Å². The van der Waals surface area contributed by atoms with Gasteiger partial charge in [-0.25, -0.2) is 0 Å². The molecular weight excluding hydrogens is 680 g/mol. The fraction of sp³-hybridized carbons (Fsp3) is 0.767. The third-order valence-electron chi connectivity index (χ3n) is 6.82. The van der Waals surface area contributed by atoms with Crippen molar-refractivity contribution in [2.24, 2.45) is 0 Å². The zero-order valence-electron chi connectivity index (χ0n) is 27.7. The van der Waals surface area contributed by atoms with Gasteiger partial charge in [-0.15, -0.1) is 23.5 Å². The Balaban J connectivity index is 2.26. The van der Waals surface area contributed by atoms with E-state index in [1.807, 2.05) is 0 Å². The van der Waals surface area contributed by atoms with Gasteiger partial charge in [0.15, 0.2) is 36.6 Å². The summed E-state index contributed by atoms with van der Waals surface area (Å²) in [5.74, 6) is -4.50. The molecule has 18 heteroatoms. The van der Waals surface area contributed by atoms with E-state index in [1.54, 1.807) is 0 Å². The Morgan fingerprint density at radius 1 is 0.604 bits per heavy atom. The summed E-state index contributed by atoms with van der Waals surface area (Å²) in [6.45, 7) is 6.82. The SMILES string of the molecule is CC(=O)O[C@@H]1[C@@H](OC(C)=O)[C@H](SCCC(CCCCC(=O)O)S[C@@H]2OC[C@@H](OC(C)=O)[C@H](OC(C)=O)[C@H]2OC(C)=O)OC[C@H]1OC(C)=O. The van der Waals surface area contributed by atoms with Gasteiger partial charge in [-0.3, -0.25) is 33.6 Å². The molecule has 0 aliphatic carbocycles. The predicted octanol–water partition coefficient (Wildman–Crippen LogP) is 2.16. The van der Waals surface area contributed by atoms with Gasteiger partial charge in [-0.05, 0) is 25.0 Å². The molecule has 2 aliphatic heterocycles. The zero-order valence-corrected chi connectivity index (χ0v) is 29.4. The van der Waals surface area contributed by atoms with Crippen molar-refractivity contribution in [2.75, 3.05) is 19.0 Å². The van der Waals surface area contributed by atoms with Crippen molar-refractivity contribution in [3.8, 4) is 0 Å². The minimum atomic E-state index is -1.15. The summed E-state index contributed by atoms with van der Waals surface area (Å²) in [5, 5.41) is 8.88. The fourth-order valence-corrected chi connectivity index (χ4v) is 7.95. The van der Waals surface area contributed by atoms with Gasteiger partial charge in [0.1, 0.15) is 10.9 Å². The number of ether oxygens (including phenoxy) is 8. The van der Waals surface area contributed by atoms with Crippen molar-refractivity contribution in [2.45, 2.75) is 126 Å². The van der Waals surface area contributed by atoms with Crippen LogP contribution >= 0.6 is 23.5 Å². The van der Waals surface area contributed by atoms with Gasteiger partial charge in [-0.1, -0.05) is 6.42 Å². The highest BCUT2D eigenvalue weighted by Gasteiger charge is 2.49. The number of thioether (sulfide) groups is 2. The molecule has 0 aromatic carbocycles. The van der Waals surface area contributed by atoms with Crippen molar-refractivity contribution < 1.29 is 76.6 Å². The summed E-state index contributed by atoms with van der Waals surface area (Å²) < 4.78 is 44.3. The lowest BCUT2D eigenvalue weighted by molar-refractivity contribution is -0.213. The molecule has 0 amide bonds. The molecule has 2 aliphatic rings. The summed E-state index contributed by atoms with van der Waals surface area (Å²) in [7, 11) is 0. The molecule has 0 radical (unpaired) electrons. The smallest absolute Gasteiger partial charge is 0.303 e. The third kappa shape index (κ3) is 14.6. The van der Waals surface area contributed by atoms with Crippen molar-refractivity contribution >= 4 is 65.3 Å². The number of carbonyl (C=O) groups excluding carboxylic acids is 6. The lowest BCUT2D eigenvalue weighted by atomic mass is 10.1. The molecule has 0 bridgehead atoms. The van der Waals surface area contributed by atoms with Crippen LogP contribution in [0.25, 0.3) is 0 Å². The summed E-state index contributed by atoms with van der Waals surface area (Å²) in [6, 6.07) is 0. The Morgan fingerprint density at radius 3 is 1.46 bits per heavy atom. The molecular formula is C30H44O16S2. The number of aliphatic carboxylic acids is 1. The van der Waals surface area contributed by atoms with E-state index in [9.17, 15) is 33.6 Å². The van der Waals surface area contributed by atoms with Crippen LogP contribution in [0.1, 0.15) is 73.6 Å². The molecule has 0 aromatic heterocycles. The van der Waals surface area contributed by atoms with Crippen LogP contribution in [-0.2, 0) is 71.5 Å². The van der Waals surface area contributed by atoms with Crippen LogP contribution in [0.5, 0.6) is 0 Å². The van der Waals surface area contributed by atoms with Gasteiger partial charge in [0.25, 0.3) is 0 Å². The van der Waals surface area contributed by atoms with E-state index in [0.717, 1.165) is 0 Å². The molecule has 1 unspecified atom stereocenters. The monoisotopic (exact) mass is 724 g/mol. The molecule has 0 saturated carbocycles. The standard InChI is InChI=1S/C30H44O16S2/c1-15(31)41-22-13-39-29(27(45-19(5)35)25(22)43-17(3)33)47-12-11-21(9-7-8-10-24(37)38)48-30-28(46-20(6)36)26(44-18(4)34)23(14-40-30)42-16(2)32/h21-23,25-30H,7-14H2,1-6H3,(H,37,38)/t21?,22-,23-,25+,26+,27-,28-,29+,30+/m1/s1. The number of hydrogen-bond acceptors (Lipinski definition) is 17. The number of hydrogen-bond donors (Lipinski definition) is 1. The molecule has 0 aromatic rings. The van der Waals surface area contributed by atoms with Crippen LogP contribution < -0.4 is 0 Å². The van der Waals surface area contributed by atoms with Gasteiger partial charge >= 0.3 is 41.8 Å². The highest BCUT2D eigenvalue weighted by molar-refractivity contribution is 8.01. The number of rotatable bonds is 17. The highest BCUT2D eigenvalue weighted by atomic mass is 32.2. The first-order valence-electron chi connectivity index (χ1n) is 15.3. The van der Waals surface area contributed by atoms with Crippen molar-refractivity contribution in [1.29, 1.82) is 0 Å². The molecule has 1 N–H and O–H groups in total. The maximum Gasteiger partial charge on any atom is 0.303 e. The number of carboxylic acids is 1. The van der Waals surface area contributed by atoms with Crippen LogP contribution in [0, 0.1) is 0 Å². The number of carboxylic acid groups (broad SMARTS) is 1. The average Bonchev–Trinajstić information content (AvgIpc) is 2.95. The van der Waals surface area contributed by atoms with Crippen LogP contribution in [0.15, 0.2) is 0 Å². The lowest BCUT2D eigenvalue weighted by Crippen LogP contribution is -2.56. The number of carbonyl (C=O) groups is 7. The molecule has 16 nitrogen and oxygen atoms in total. The van der Waals surface area contributed by atoms with Gasteiger partial charge in [0.2, 0.25) is 0 Å². The van der Waals surface area contributed by atoms with Crippen LogP contribution in [0.4, 0.5) is 0 Å². The van der Waals surface area contributed by atoms with Crippen molar-refractivity contribution in [3.63, 3.8) is 0 Å². The summed E-state index contributed by atoms with van der Waals surface area (Å²) >= 11 is 2.57. The second kappa shape index (κ2) is 20.4. The normalized spacial score (nSPS) is 27.5. The average molecular weight is 725 g/mol. The van der Waals surface area contributed by atoms with Crippen LogP contribution in [0.3, 0.4) is 0 Å². The molecule has 2 fully saturated rings. The quantitative estimate of drug-likeness (QED) is 0.129. The lowest BCUT2D eigenvalue weighted by Gasteiger charge is -2.41. The van der Waals surface area contributed by atoms with Gasteiger partial charge < -0.3 is 43.0 Å². The van der Waals surface area contributed by atoms with E-state index in [2.05, 4.69) is 0 Å². The first-order chi connectivity index (χ1) is 22.6. The summed E-state index contributed by atoms with van der Waals surface area (Å²) in [6.07, 6.45) is -4.62. The second-order valence-electron chi connectivity index (χ2n) is 11.1. The molecule has 2 saturated heterocycles. The predicted molar refractivity (Wildman–Crippen MR) is 167 cm³/mol.